The van der Waals surface area contributed by atoms with Crippen LogP contribution in [-0.2, 0) is 15.6 Å². The van der Waals surface area contributed by atoms with Crippen LogP contribution in [0.1, 0.15) is 0 Å². The molecule has 0 unspecified atom stereocenters. The van der Waals surface area contributed by atoms with Crippen LogP contribution in [0.15, 0.2) is 48.5 Å². The van der Waals surface area contributed by atoms with Crippen LogP contribution in [0.5, 0.6) is 0 Å². The van der Waals surface area contributed by atoms with Crippen molar-refractivity contribution in [1.82, 2.24) is 4.98 Å². The largest absolute Gasteiger partial charge is 0.355 e. The van der Waals surface area contributed by atoms with E-state index in [1.165, 1.54) is 21.8 Å². The minimum atomic E-state index is 1.21. The maximum absolute atomic E-state index is 3.94. The molecule has 1 nitrogen and oxygen atoms in total. The van der Waals surface area contributed by atoms with Crippen molar-refractivity contribution in [2.45, 2.75) is 0 Å². The number of benzene rings is 2. The zero-order valence-corrected chi connectivity index (χ0v) is 9.07. The van der Waals surface area contributed by atoms with Gasteiger partial charge in [0.1, 0.15) is 0 Å². The molecule has 3 rings (SSSR count). The molecule has 0 saturated carbocycles. The molecule has 1 N–H and O–H groups in total. The summed E-state index contributed by atoms with van der Waals surface area (Å²) in [6, 6.07) is 16.8. The Kier molecular flexibility index (Phi) is 3.00. The Bertz CT molecular complexity index is 533. The van der Waals surface area contributed by atoms with E-state index in [1.54, 1.807) is 0 Å². The molecule has 15 heavy (non-hydrogen) atoms. The maximum Gasteiger partial charge on any atom is 0.0464 e. The van der Waals surface area contributed by atoms with Gasteiger partial charge in [-0.05, 0) is 12.1 Å². The molecule has 0 aliphatic rings. The first-order valence-corrected chi connectivity index (χ1v) is 5.28. The van der Waals surface area contributed by atoms with Gasteiger partial charge in [0.05, 0.1) is 0 Å². The summed E-state index contributed by atoms with van der Waals surface area (Å²) in [4.78, 5) is 3.38. The number of hydrogen-bond acceptors (Lipinski definition) is 0. The summed E-state index contributed by atoms with van der Waals surface area (Å²) < 4.78 is 0. The van der Waals surface area contributed by atoms with Crippen molar-refractivity contribution < 1.29 is 15.6 Å². The minimum absolute atomic E-state index is 1.21. The Morgan fingerprint density at radius 3 is 1.60 bits per heavy atom. The SMILES string of the molecule is [CH2]=[Cu].c1ccc2c(c1)[nH]c1ccccc12. The number of para-hydroxylation sites is 2. The van der Waals surface area contributed by atoms with Crippen molar-refractivity contribution in [2.24, 2.45) is 0 Å². The second-order valence-corrected chi connectivity index (χ2v) is 3.22. The van der Waals surface area contributed by atoms with Crippen molar-refractivity contribution in [3.63, 3.8) is 0 Å². The van der Waals surface area contributed by atoms with E-state index in [0.29, 0.717) is 0 Å². The van der Waals surface area contributed by atoms with Crippen molar-refractivity contribution in [1.29, 1.82) is 0 Å². The summed E-state index contributed by atoms with van der Waals surface area (Å²) >= 11 is 3.94. The Morgan fingerprint density at radius 2 is 1.13 bits per heavy atom. The molecule has 2 aromatic carbocycles. The molecule has 0 bridgehead atoms. The van der Waals surface area contributed by atoms with Gasteiger partial charge in [-0.15, -0.1) is 0 Å². The van der Waals surface area contributed by atoms with Gasteiger partial charge in [-0.25, -0.2) is 0 Å². The predicted octanol–water partition coefficient (Wildman–Crippen LogP) is 3.29. The summed E-state index contributed by atoms with van der Waals surface area (Å²) in [5.41, 5.74) is 5.24. The van der Waals surface area contributed by atoms with Gasteiger partial charge in [-0.1, -0.05) is 36.4 Å². The summed E-state index contributed by atoms with van der Waals surface area (Å²) in [7, 11) is 0. The summed E-state index contributed by atoms with van der Waals surface area (Å²) in [5.74, 6) is 0. The molecule has 0 saturated heterocycles. The Hall–Kier alpha value is -1.37. The van der Waals surface area contributed by atoms with E-state index in [0.717, 1.165) is 0 Å². The van der Waals surface area contributed by atoms with Gasteiger partial charge in [0.15, 0.2) is 0 Å². The first-order valence-electron chi connectivity index (χ1n) is 4.62. The van der Waals surface area contributed by atoms with E-state index in [-0.39, 0.29) is 0 Å². The van der Waals surface area contributed by atoms with Crippen LogP contribution in [0.4, 0.5) is 0 Å². The van der Waals surface area contributed by atoms with Gasteiger partial charge in [0.25, 0.3) is 0 Å². The number of aromatic amines is 1. The normalized spacial score (nSPS) is 10.0. The van der Waals surface area contributed by atoms with E-state index in [9.17, 15) is 0 Å². The number of nitrogens with one attached hydrogen (secondary N) is 1. The minimum Gasteiger partial charge on any atom is -0.355 e. The van der Waals surface area contributed by atoms with Crippen LogP contribution in [0.25, 0.3) is 21.8 Å². The fourth-order valence-corrected chi connectivity index (χ4v) is 1.80. The third kappa shape index (κ3) is 1.74. The van der Waals surface area contributed by atoms with E-state index >= 15 is 0 Å². The molecule has 1 heterocycles. The summed E-state index contributed by atoms with van der Waals surface area (Å²) in [6.45, 7) is 0. The molecule has 0 aliphatic carbocycles. The van der Waals surface area contributed by atoms with Crippen LogP contribution in [0.2, 0.25) is 0 Å². The van der Waals surface area contributed by atoms with E-state index < -0.39 is 0 Å². The predicted molar refractivity (Wildman–Crippen MR) is 62.9 cm³/mol. The molecule has 1 aromatic heterocycles. The quantitative estimate of drug-likeness (QED) is 0.584. The van der Waals surface area contributed by atoms with Crippen molar-refractivity contribution >= 4 is 27.2 Å². The van der Waals surface area contributed by atoms with Gasteiger partial charge >= 0.3 is 21.0 Å². The zero-order chi connectivity index (χ0) is 10.7. The maximum atomic E-state index is 3.94. The fourth-order valence-electron chi connectivity index (χ4n) is 1.80. The second-order valence-electron chi connectivity index (χ2n) is 3.22. The van der Waals surface area contributed by atoms with Crippen LogP contribution in [0, 0.1) is 0 Å². The van der Waals surface area contributed by atoms with Crippen LogP contribution in [0.3, 0.4) is 0 Å². The average molecular weight is 245 g/mol. The fraction of sp³-hybridized carbons (Fsp3) is 0. The molecule has 0 fully saturated rings. The summed E-state index contributed by atoms with van der Waals surface area (Å²) in [5, 5.41) is 2.61. The Labute approximate surface area is 96.5 Å². The molecule has 0 spiro atoms. The number of fused-ring (bicyclic) bond motifs is 3. The van der Waals surface area contributed by atoms with Gasteiger partial charge in [-0.3, -0.25) is 0 Å². The molecule has 0 radical (unpaired) electrons. The Morgan fingerprint density at radius 1 is 0.733 bits per heavy atom. The van der Waals surface area contributed by atoms with Gasteiger partial charge in [0, 0.05) is 21.8 Å². The molecular weight excluding hydrogens is 234 g/mol. The third-order valence-electron chi connectivity index (χ3n) is 2.41. The van der Waals surface area contributed by atoms with E-state index in [4.69, 9.17) is 0 Å². The topological polar surface area (TPSA) is 15.8 Å². The molecule has 3 aromatic rings. The van der Waals surface area contributed by atoms with Gasteiger partial charge in [0.2, 0.25) is 0 Å². The number of aromatic nitrogens is 1. The van der Waals surface area contributed by atoms with Gasteiger partial charge < -0.3 is 4.98 Å². The second kappa shape index (κ2) is 4.43. The van der Waals surface area contributed by atoms with Crippen LogP contribution in [-0.4, -0.2) is 10.4 Å². The third-order valence-corrected chi connectivity index (χ3v) is 2.41. The van der Waals surface area contributed by atoms with Gasteiger partial charge in [-0.2, -0.15) is 0 Å². The monoisotopic (exact) mass is 244 g/mol. The molecular formula is C13H11CuN. The van der Waals surface area contributed by atoms with E-state index in [2.05, 4.69) is 74.5 Å². The molecule has 2 heteroatoms. The molecule has 0 aliphatic heterocycles. The smallest absolute Gasteiger partial charge is 0.0464 e. The van der Waals surface area contributed by atoms with Crippen LogP contribution < -0.4 is 0 Å². The van der Waals surface area contributed by atoms with Crippen molar-refractivity contribution in [2.75, 3.05) is 0 Å². The zero-order valence-electron chi connectivity index (χ0n) is 8.13. The average Bonchev–Trinajstić information content (AvgIpc) is 2.70. The van der Waals surface area contributed by atoms with Crippen LogP contribution >= 0.6 is 0 Å². The first kappa shape index (κ1) is 10.2. The standard InChI is InChI=1S/C12H9N.CH2.Cu/c1-3-7-11-9(5-1)10-6-2-4-8-12(10)13-11;;/h1-8,13H;1H2;. The first-order chi connectivity index (χ1) is 7.45. The number of hydrogen-bond donors (Lipinski definition) is 1. The van der Waals surface area contributed by atoms with E-state index in [1.807, 2.05) is 0 Å². The summed E-state index contributed by atoms with van der Waals surface area (Å²) in [6.07, 6.45) is 0. The number of rotatable bonds is 0. The molecule has 79 valence electrons. The molecule has 0 atom stereocenters. The Balaban J connectivity index is 0.000000404. The van der Waals surface area contributed by atoms with Crippen molar-refractivity contribution in [3.05, 3.63) is 48.5 Å². The van der Waals surface area contributed by atoms with Crippen molar-refractivity contribution in [3.8, 4) is 0 Å². The number of H-pyrrole nitrogens is 1. The molecule has 0 amide bonds.